The molecular weight excluding hydrogens is 264 g/mol. The van der Waals surface area contributed by atoms with Gasteiger partial charge in [0.05, 0.1) is 17.2 Å². The predicted molar refractivity (Wildman–Crippen MR) is 68.2 cm³/mol. The molecule has 20 heavy (non-hydrogen) atoms. The third kappa shape index (κ3) is 2.76. The van der Waals surface area contributed by atoms with Crippen molar-refractivity contribution in [1.29, 1.82) is 5.26 Å². The highest BCUT2D eigenvalue weighted by atomic mass is 19.1. The summed E-state index contributed by atoms with van der Waals surface area (Å²) in [5.41, 5.74) is -0.107. The van der Waals surface area contributed by atoms with Crippen LogP contribution in [0.15, 0.2) is 36.4 Å². The first-order chi connectivity index (χ1) is 9.52. The van der Waals surface area contributed by atoms with Gasteiger partial charge in [0.1, 0.15) is 29.2 Å². The molecule has 0 bridgehead atoms. The van der Waals surface area contributed by atoms with Gasteiger partial charge in [-0.1, -0.05) is 6.07 Å². The van der Waals surface area contributed by atoms with Crippen LogP contribution in [0.5, 0.6) is 11.5 Å². The Bertz CT molecular complexity index is 678. The summed E-state index contributed by atoms with van der Waals surface area (Å²) in [6.45, 7) is 1.41. The summed E-state index contributed by atoms with van der Waals surface area (Å²) < 4.78 is 32.5. The number of nitriles is 1. The maximum absolute atomic E-state index is 13.6. The van der Waals surface area contributed by atoms with E-state index in [1.165, 1.54) is 37.3 Å². The molecule has 0 aromatic heterocycles. The topological polar surface area (TPSA) is 53.2 Å². The van der Waals surface area contributed by atoms with E-state index >= 15 is 0 Å². The van der Waals surface area contributed by atoms with E-state index in [0.29, 0.717) is 0 Å². The largest absolute Gasteiger partial charge is 0.457 e. The van der Waals surface area contributed by atoms with Crippen molar-refractivity contribution < 1.29 is 18.6 Å². The molecule has 1 atom stereocenters. The summed E-state index contributed by atoms with van der Waals surface area (Å²) >= 11 is 0. The highest BCUT2D eigenvalue weighted by Gasteiger charge is 2.15. The lowest BCUT2D eigenvalue weighted by atomic mass is 10.1. The molecular formula is C15H11F2NO2. The lowest BCUT2D eigenvalue weighted by molar-refractivity contribution is 0.190. The molecule has 0 aliphatic rings. The van der Waals surface area contributed by atoms with Crippen molar-refractivity contribution in [2.75, 3.05) is 0 Å². The second-order valence-corrected chi connectivity index (χ2v) is 4.18. The van der Waals surface area contributed by atoms with Crippen LogP contribution in [0, 0.1) is 23.0 Å². The second kappa shape index (κ2) is 5.68. The Morgan fingerprint density at radius 1 is 1.20 bits per heavy atom. The first kappa shape index (κ1) is 14.0. The molecule has 1 unspecified atom stereocenters. The van der Waals surface area contributed by atoms with Gasteiger partial charge in [-0.2, -0.15) is 5.26 Å². The molecule has 0 saturated heterocycles. The van der Waals surface area contributed by atoms with E-state index in [1.54, 1.807) is 6.07 Å². The molecule has 0 spiro atoms. The second-order valence-electron chi connectivity index (χ2n) is 4.18. The Balaban J connectivity index is 2.38. The molecule has 0 heterocycles. The van der Waals surface area contributed by atoms with Gasteiger partial charge >= 0.3 is 0 Å². The fourth-order valence-electron chi connectivity index (χ4n) is 1.79. The molecule has 0 aliphatic heterocycles. The van der Waals surface area contributed by atoms with Gasteiger partial charge in [-0.3, -0.25) is 0 Å². The molecule has 1 N–H and O–H groups in total. The van der Waals surface area contributed by atoms with Crippen molar-refractivity contribution in [3.8, 4) is 17.6 Å². The van der Waals surface area contributed by atoms with E-state index in [4.69, 9.17) is 10.00 Å². The number of halogens is 2. The number of hydrogen-bond acceptors (Lipinski definition) is 3. The van der Waals surface area contributed by atoms with E-state index in [9.17, 15) is 13.9 Å². The van der Waals surface area contributed by atoms with Crippen molar-refractivity contribution in [2.24, 2.45) is 0 Å². The summed E-state index contributed by atoms with van der Waals surface area (Å²) in [4.78, 5) is 0. The predicted octanol–water partition coefficient (Wildman–Crippen LogP) is 3.68. The number of benzene rings is 2. The summed E-state index contributed by atoms with van der Waals surface area (Å²) in [7, 11) is 0. The van der Waals surface area contributed by atoms with Crippen LogP contribution in [0.1, 0.15) is 24.2 Å². The zero-order chi connectivity index (χ0) is 14.7. The Labute approximate surface area is 114 Å². The summed E-state index contributed by atoms with van der Waals surface area (Å²) in [6, 6.07) is 9.51. The van der Waals surface area contributed by atoms with Gasteiger partial charge in [-0.05, 0) is 31.2 Å². The Morgan fingerprint density at radius 3 is 2.55 bits per heavy atom. The van der Waals surface area contributed by atoms with Crippen molar-refractivity contribution in [1.82, 2.24) is 0 Å². The molecule has 0 radical (unpaired) electrons. The highest BCUT2D eigenvalue weighted by Crippen LogP contribution is 2.32. The lowest BCUT2D eigenvalue weighted by Crippen LogP contribution is -2.00. The van der Waals surface area contributed by atoms with E-state index in [2.05, 4.69) is 0 Å². The highest BCUT2D eigenvalue weighted by molar-refractivity contribution is 5.42. The van der Waals surface area contributed by atoms with Crippen molar-refractivity contribution >= 4 is 0 Å². The number of aliphatic hydroxyl groups excluding tert-OH is 1. The van der Waals surface area contributed by atoms with Crippen LogP contribution in [0.2, 0.25) is 0 Å². The smallest absolute Gasteiger partial charge is 0.144 e. The number of ether oxygens (including phenoxy) is 1. The minimum atomic E-state index is -1.06. The van der Waals surface area contributed by atoms with E-state index in [-0.39, 0.29) is 22.6 Å². The molecule has 102 valence electrons. The van der Waals surface area contributed by atoms with Crippen LogP contribution < -0.4 is 4.74 Å². The third-order valence-electron chi connectivity index (χ3n) is 2.72. The van der Waals surface area contributed by atoms with Crippen LogP contribution >= 0.6 is 0 Å². The van der Waals surface area contributed by atoms with Crippen molar-refractivity contribution in [3.05, 3.63) is 59.2 Å². The van der Waals surface area contributed by atoms with Gasteiger partial charge in [0.15, 0.2) is 0 Å². The van der Waals surface area contributed by atoms with Gasteiger partial charge in [0, 0.05) is 6.07 Å². The first-order valence-corrected chi connectivity index (χ1v) is 5.87. The minimum absolute atomic E-state index is 0.00253. The molecule has 0 amide bonds. The van der Waals surface area contributed by atoms with E-state index in [0.717, 1.165) is 6.07 Å². The average molecular weight is 275 g/mol. The Hall–Kier alpha value is -2.45. The molecule has 5 heteroatoms. The number of aliphatic hydroxyl groups is 1. The normalized spacial score (nSPS) is 11.8. The average Bonchev–Trinajstić information content (AvgIpc) is 2.38. The van der Waals surface area contributed by atoms with Crippen LogP contribution in [-0.4, -0.2) is 5.11 Å². The van der Waals surface area contributed by atoms with E-state index < -0.39 is 17.7 Å². The molecule has 2 aromatic rings. The van der Waals surface area contributed by atoms with Gasteiger partial charge in [-0.15, -0.1) is 0 Å². The Morgan fingerprint density at radius 2 is 1.95 bits per heavy atom. The number of hydrogen-bond donors (Lipinski definition) is 1. The first-order valence-electron chi connectivity index (χ1n) is 5.87. The third-order valence-corrected chi connectivity index (χ3v) is 2.72. The zero-order valence-corrected chi connectivity index (χ0v) is 10.6. The van der Waals surface area contributed by atoms with Crippen LogP contribution in [0.3, 0.4) is 0 Å². The molecule has 0 fully saturated rings. The van der Waals surface area contributed by atoms with Gasteiger partial charge in [0.2, 0.25) is 0 Å². The quantitative estimate of drug-likeness (QED) is 0.929. The van der Waals surface area contributed by atoms with Gasteiger partial charge in [-0.25, -0.2) is 8.78 Å². The standard InChI is InChI=1S/C15H11F2NO2/c1-9(19)15-12(16)3-2-4-14(15)20-11-6-5-10(8-18)13(17)7-11/h2-7,9,19H,1H3. The molecule has 3 nitrogen and oxygen atoms in total. The molecule has 2 aromatic carbocycles. The summed E-state index contributed by atoms with van der Waals surface area (Å²) in [6.07, 6.45) is -1.06. The monoisotopic (exact) mass is 275 g/mol. The molecule has 0 saturated carbocycles. The maximum Gasteiger partial charge on any atom is 0.144 e. The van der Waals surface area contributed by atoms with Gasteiger partial charge in [0.25, 0.3) is 0 Å². The summed E-state index contributed by atoms with van der Waals surface area (Å²) in [5.74, 6) is -1.11. The SMILES string of the molecule is CC(O)c1c(F)cccc1Oc1ccc(C#N)c(F)c1. The zero-order valence-electron chi connectivity index (χ0n) is 10.6. The molecule has 2 rings (SSSR count). The van der Waals surface area contributed by atoms with E-state index in [1.807, 2.05) is 0 Å². The maximum atomic E-state index is 13.6. The summed E-state index contributed by atoms with van der Waals surface area (Å²) in [5, 5.41) is 18.2. The van der Waals surface area contributed by atoms with Crippen LogP contribution in [-0.2, 0) is 0 Å². The minimum Gasteiger partial charge on any atom is -0.457 e. The van der Waals surface area contributed by atoms with Crippen molar-refractivity contribution in [3.63, 3.8) is 0 Å². The van der Waals surface area contributed by atoms with Crippen LogP contribution in [0.4, 0.5) is 8.78 Å². The fraction of sp³-hybridized carbons (Fsp3) is 0.133. The lowest BCUT2D eigenvalue weighted by Gasteiger charge is -2.14. The van der Waals surface area contributed by atoms with Crippen molar-refractivity contribution in [2.45, 2.75) is 13.0 Å². The van der Waals surface area contributed by atoms with Crippen LogP contribution in [0.25, 0.3) is 0 Å². The van der Waals surface area contributed by atoms with Gasteiger partial charge < -0.3 is 9.84 Å². The number of nitrogens with zero attached hydrogens (tertiary/aromatic N) is 1. The number of rotatable bonds is 3. The Kier molecular flexibility index (Phi) is 3.97. The molecule has 0 aliphatic carbocycles. The fourth-order valence-corrected chi connectivity index (χ4v) is 1.79.